The molecule has 1 aliphatic carbocycles. The molecular formula is C21H30N8OS. The van der Waals surface area contributed by atoms with Gasteiger partial charge in [0.2, 0.25) is 5.91 Å². The van der Waals surface area contributed by atoms with Crippen LogP contribution in [0.15, 0.2) is 50.2 Å². The molecule has 3 rings (SSSR count). The Labute approximate surface area is 186 Å². The van der Waals surface area contributed by atoms with Gasteiger partial charge >= 0.3 is 0 Å². The van der Waals surface area contributed by atoms with Crippen molar-refractivity contribution in [1.29, 1.82) is 0 Å². The van der Waals surface area contributed by atoms with E-state index >= 15 is 0 Å². The molecule has 1 aliphatic rings. The first-order valence-corrected chi connectivity index (χ1v) is 11.2. The number of amidine groups is 1. The molecule has 5 N–H and O–H groups in total. The zero-order valence-electron chi connectivity index (χ0n) is 18.3. The number of amides is 1. The van der Waals surface area contributed by atoms with Gasteiger partial charge in [-0.1, -0.05) is 18.7 Å². The molecule has 1 aromatic heterocycles. The number of aliphatic imine (C=N–C) groups is 1. The zero-order chi connectivity index (χ0) is 22.4. The van der Waals surface area contributed by atoms with Crippen molar-refractivity contribution >= 4 is 35.1 Å². The van der Waals surface area contributed by atoms with Gasteiger partial charge in [-0.15, -0.1) is 0 Å². The lowest BCUT2D eigenvalue weighted by molar-refractivity contribution is -0.117. The molecule has 1 amide bonds. The van der Waals surface area contributed by atoms with E-state index in [1.54, 1.807) is 7.05 Å². The summed E-state index contributed by atoms with van der Waals surface area (Å²) in [5.74, 6) is 7.52. The van der Waals surface area contributed by atoms with Gasteiger partial charge in [-0.3, -0.25) is 9.79 Å². The van der Waals surface area contributed by atoms with Crippen LogP contribution < -0.4 is 27.5 Å². The lowest BCUT2D eigenvalue weighted by Gasteiger charge is -2.13. The SMILES string of the molecule is CC/C(=N\c1nc(Sc2ccc(NC(=O)C3CC3)cc2)cc(=NC)n1N)NNC(C)C. The Morgan fingerprint density at radius 3 is 2.61 bits per heavy atom. The quantitative estimate of drug-likeness (QED) is 0.164. The average molecular weight is 443 g/mol. The number of hydrazine groups is 1. The number of nitrogen functional groups attached to an aromatic ring is 1. The Morgan fingerprint density at radius 1 is 1.32 bits per heavy atom. The summed E-state index contributed by atoms with van der Waals surface area (Å²) in [5, 5.41) is 3.67. The fourth-order valence-electron chi connectivity index (χ4n) is 2.63. The van der Waals surface area contributed by atoms with Gasteiger partial charge in [-0.05, 0) is 51.0 Å². The standard InChI is InChI=1S/C21H30N8OS/c1-5-17(28-27-13(2)3)25-21-26-19(12-18(23-4)29(21)22)31-16-10-8-15(9-11-16)24-20(30)14-6-7-14/h8-14,27H,5-7,22H2,1-4H3,(H,24,30)(H,25,26,28). The molecular weight excluding hydrogens is 412 g/mol. The minimum absolute atomic E-state index is 0.0987. The van der Waals surface area contributed by atoms with E-state index < -0.39 is 0 Å². The number of hydrogen-bond donors (Lipinski definition) is 4. The number of aromatic nitrogens is 2. The molecule has 1 saturated carbocycles. The predicted molar refractivity (Wildman–Crippen MR) is 125 cm³/mol. The Balaban J connectivity index is 1.79. The van der Waals surface area contributed by atoms with Crippen LogP contribution in [0, 0.1) is 5.92 Å². The molecule has 0 aliphatic heterocycles. The molecule has 1 aromatic carbocycles. The van der Waals surface area contributed by atoms with E-state index in [0.29, 0.717) is 17.9 Å². The van der Waals surface area contributed by atoms with Gasteiger partial charge in [0.1, 0.15) is 10.9 Å². The first-order valence-electron chi connectivity index (χ1n) is 10.4. The van der Waals surface area contributed by atoms with Crippen LogP contribution in [0.5, 0.6) is 0 Å². The van der Waals surface area contributed by atoms with Gasteiger partial charge in [0.05, 0.1) is 0 Å². The van der Waals surface area contributed by atoms with Crippen molar-refractivity contribution in [3.63, 3.8) is 0 Å². The van der Waals surface area contributed by atoms with Gasteiger partial charge in [0.15, 0.2) is 5.49 Å². The number of hydrogen-bond acceptors (Lipinski definition) is 7. The Hall–Kier alpha value is -2.85. The minimum atomic E-state index is 0.0987. The predicted octanol–water partition coefficient (Wildman–Crippen LogP) is 2.57. The molecule has 0 saturated heterocycles. The van der Waals surface area contributed by atoms with E-state index in [9.17, 15) is 4.79 Å². The molecule has 166 valence electrons. The topological polar surface area (TPSA) is 122 Å². The summed E-state index contributed by atoms with van der Waals surface area (Å²) in [6.45, 7) is 6.08. The fraction of sp³-hybridized carbons (Fsp3) is 0.429. The van der Waals surface area contributed by atoms with Crippen LogP contribution in [0.4, 0.5) is 11.6 Å². The summed E-state index contributed by atoms with van der Waals surface area (Å²) in [7, 11) is 1.68. The Morgan fingerprint density at radius 2 is 2.03 bits per heavy atom. The van der Waals surface area contributed by atoms with Crippen LogP contribution in [0.3, 0.4) is 0 Å². The normalized spacial score (nSPS) is 14.7. The van der Waals surface area contributed by atoms with Gasteiger partial charge in [0, 0.05) is 42.1 Å². The summed E-state index contributed by atoms with van der Waals surface area (Å²) >= 11 is 1.48. The number of nitrogens with zero attached hydrogens (tertiary/aromatic N) is 4. The lowest BCUT2D eigenvalue weighted by Crippen LogP contribution is -2.41. The number of carbonyl (C=O) groups excluding carboxylic acids is 1. The summed E-state index contributed by atoms with van der Waals surface area (Å²) in [6.07, 6.45) is 2.66. The van der Waals surface area contributed by atoms with Crippen molar-refractivity contribution in [2.24, 2.45) is 15.9 Å². The highest BCUT2D eigenvalue weighted by atomic mass is 32.2. The van der Waals surface area contributed by atoms with Gasteiger partial charge in [-0.25, -0.2) is 15.1 Å². The van der Waals surface area contributed by atoms with Gasteiger partial charge < -0.3 is 16.6 Å². The lowest BCUT2D eigenvalue weighted by atomic mass is 10.3. The summed E-state index contributed by atoms with van der Waals surface area (Å²) in [6, 6.07) is 9.78. The zero-order valence-corrected chi connectivity index (χ0v) is 19.2. The molecule has 0 unspecified atom stereocenters. The van der Waals surface area contributed by atoms with E-state index in [1.165, 1.54) is 16.4 Å². The van der Waals surface area contributed by atoms with Crippen molar-refractivity contribution in [3.05, 3.63) is 35.8 Å². The third-order valence-corrected chi connectivity index (χ3v) is 5.45. The van der Waals surface area contributed by atoms with Crippen LogP contribution >= 0.6 is 11.8 Å². The molecule has 0 radical (unpaired) electrons. The maximum absolute atomic E-state index is 11.9. The molecule has 2 aromatic rings. The third-order valence-electron chi connectivity index (χ3n) is 4.52. The monoisotopic (exact) mass is 442 g/mol. The third kappa shape index (κ3) is 6.56. The van der Waals surface area contributed by atoms with Crippen LogP contribution in [-0.4, -0.2) is 34.5 Å². The van der Waals surface area contributed by atoms with Crippen LogP contribution in [0.2, 0.25) is 0 Å². The minimum Gasteiger partial charge on any atom is -0.335 e. The highest BCUT2D eigenvalue weighted by molar-refractivity contribution is 7.99. The summed E-state index contributed by atoms with van der Waals surface area (Å²) in [4.78, 5) is 26.3. The number of carbonyl (C=O) groups is 1. The van der Waals surface area contributed by atoms with Crippen molar-refractivity contribution in [2.45, 2.75) is 56.0 Å². The van der Waals surface area contributed by atoms with E-state index in [1.807, 2.05) is 51.1 Å². The smallest absolute Gasteiger partial charge is 0.253 e. The largest absolute Gasteiger partial charge is 0.335 e. The molecule has 0 bridgehead atoms. The highest BCUT2D eigenvalue weighted by Gasteiger charge is 2.29. The average Bonchev–Trinajstić information content (AvgIpc) is 3.59. The van der Waals surface area contributed by atoms with Crippen LogP contribution in [-0.2, 0) is 4.79 Å². The van der Waals surface area contributed by atoms with E-state index in [4.69, 9.17) is 5.84 Å². The second-order valence-corrected chi connectivity index (χ2v) is 8.67. The van der Waals surface area contributed by atoms with Crippen molar-refractivity contribution < 1.29 is 4.79 Å². The van der Waals surface area contributed by atoms with Crippen molar-refractivity contribution in [1.82, 2.24) is 20.5 Å². The molecule has 9 nitrogen and oxygen atoms in total. The Bertz CT molecular complexity index is 1010. The van der Waals surface area contributed by atoms with Gasteiger partial charge in [0.25, 0.3) is 5.95 Å². The van der Waals surface area contributed by atoms with Crippen molar-refractivity contribution in [3.8, 4) is 0 Å². The summed E-state index contributed by atoms with van der Waals surface area (Å²) < 4.78 is 1.37. The Kier molecular flexibility index (Phi) is 7.69. The number of nitrogens with two attached hydrogens (primary N) is 1. The molecule has 10 heteroatoms. The molecule has 0 spiro atoms. The summed E-state index contributed by atoms with van der Waals surface area (Å²) in [5.41, 5.74) is 7.60. The number of nitrogens with one attached hydrogen (secondary N) is 3. The highest BCUT2D eigenvalue weighted by Crippen LogP contribution is 2.31. The van der Waals surface area contributed by atoms with Gasteiger partial charge in [-0.2, -0.15) is 4.99 Å². The van der Waals surface area contributed by atoms with E-state index in [2.05, 4.69) is 31.1 Å². The molecule has 1 fully saturated rings. The second kappa shape index (κ2) is 10.5. The van der Waals surface area contributed by atoms with Crippen molar-refractivity contribution in [2.75, 3.05) is 18.2 Å². The first kappa shape index (κ1) is 22.8. The maximum Gasteiger partial charge on any atom is 0.253 e. The molecule has 31 heavy (non-hydrogen) atoms. The number of anilines is 1. The molecule has 0 atom stereocenters. The number of rotatable bonds is 8. The fourth-order valence-corrected chi connectivity index (χ4v) is 3.44. The van der Waals surface area contributed by atoms with E-state index in [0.717, 1.165) is 34.3 Å². The van der Waals surface area contributed by atoms with Crippen LogP contribution in [0.1, 0.15) is 40.0 Å². The number of benzene rings is 1. The second-order valence-electron chi connectivity index (χ2n) is 7.57. The van der Waals surface area contributed by atoms with E-state index in [-0.39, 0.29) is 17.9 Å². The first-order chi connectivity index (χ1) is 14.9. The maximum atomic E-state index is 11.9. The van der Waals surface area contributed by atoms with Crippen LogP contribution in [0.25, 0.3) is 0 Å². The molecule has 1 heterocycles.